The minimum Gasteiger partial charge on any atom is -0.456 e. The maximum Gasteiger partial charge on any atom is 0.417 e. The molecule has 0 bridgehead atoms. The molecule has 0 saturated heterocycles. The topological polar surface area (TPSA) is 165 Å². The number of halogens is 4. The van der Waals surface area contributed by atoms with Crippen molar-refractivity contribution in [3.05, 3.63) is 118 Å². The molecule has 0 unspecified atom stereocenters. The van der Waals surface area contributed by atoms with Crippen LogP contribution in [0.2, 0.25) is 5.02 Å². The van der Waals surface area contributed by atoms with Gasteiger partial charge >= 0.3 is 6.18 Å². The van der Waals surface area contributed by atoms with Crippen molar-refractivity contribution < 1.29 is 32.2 Å². The van der Waals surface area contributed by atoms with Crippen molar-refractivity contribution in [2.24, 2.45) is 0 Å². The number of carbonyl (C=O) groups is 2. The van der Waals surface area contributed by atoms with Crippen molar-refractivity contribution in [2.75, 3.05) is 11.9 Å². The number of alkyl halides is 3. The molecule has 0 aliphatic rings. The molecule has 0 aliphatic heterocycles. The lowest BCUT2D eigenvalue weighted by Crippen LogP contribution is -2.27. The summed E-state index contributed by atoms with van der Waals surface area (Å²) in [5, 5.41) is 14.6. The number of ether oxygens (including phenoxy) is 2. The van der Waals surface area contributed by atoms with Gasteiger partial charge in [0.2, 0.25) is 0 Å². The number of nitrogens with one attached hydrogen (secondary N) is 2. The van der Waals surface area contributed by atoms with Crippen molar-refractivity contribution in [1.29, 1.82) is 5.26 Å². The molecule has 0 aliphatic carbocycles. The van der Waals surface area contributed by atoms with Crippen LogP contribution in [0.15, 0.2) is 79.5 Å². The fourth-order valence-electron chi connectivity index (χ4n) is 4.14. The van der Waals surface area contributed by atoms with Gasteiger partial charge < -0.3 is 20.1 Å². The minimum absolute atomic E-state index is 0.0650. The second-order valence-electron chi connectivity index (χ2n) is 9.96. The van der Waals surface area contributed by atoms with Crippen LogP contribution in [0.4, 0.5) is 19.0 Å². The zero-order chi connectivity index (χ0) is 34.3. The first kappa shape index (κ1) is 33.2. The molecule has 0 spiro atoms. The van der Waals surface area contributed by atoms with Crippen molar-refractivity contribution in [3.63, 3.8) is 0 Å². The van der Waals surface area contributed by atoms with Crippen molar-refractivity contribution in [1.82, 2.24) is 30.2 Å². The number of carbonyl (C=O) groups excluding carboxylic acids is 2. The summed E-state index contributed by atoms with van der Waals surface area (Å²) in [6.45, 7) is 1.75. The number of aryl methyl sites for hydroxylation is 1. The fraction of sp³-hybridized carbons (Fsp3) is 0.125. The Morgan fingerprint density at radius 3 is 2.21 bits per heavy atom. The lowest BCUT2D eigenvalue weighted by atomic mass is 10.2. The molecule has 12 nitrogen and oxygen atoms in total. The first-order valence-electron chi connectivity index (χ1n) is 13.9. The van der Waals surface area contributed by atoms with Gasteiger partial charge in [-0.1, -0.05) is 11.6 Å². The Morgan fingerprint density at radius 2 is 1.54 bits per heavy atom. The van der Waals surface area contributed by atoms with Gasteiger partial charge in [-0.05, 0) is 19.1 Å². The first-order valence-corrected chi connectivity index (χ1v) is 14.3. The number of hydrogen-bond donors (Lipinski definition) is 2. The van der Waals surface area contributed by atoms with Crippen LogP contribution in [0, 0.1) is 18.3 Å². The highest BCUT2D eigenvalue weighted by molar-refractivity contribution is 6.30. The standard InChI is InChI=1S/C32H22ClF3N8O4/c1-18-6-23(47-25-7-19(12-37)13-38-16-25)10-27(42-18)30(45)40-5-4-22-9-24(48-26-8-21(33)15-39-17-26)11-28(43-22)31(46)44-29-3-2-20(14-41-29)32(34,35)36/h2-3,6-11,13-17H,4-5H2,1H3,(H,40,45)(H,41,44,46). The van der Waals surface area contributed by atoms with E-state index in [0.717, 1.165) is 12.1 Å². The van der Waals surface area contributed by atoms with Crippen LogP contribution >= 0.6 is 11.6 Å². The van der Waals surface area contributed by atoms with Crippen molar-refractivity contribution in [2.45, 2.75) is 19.5 Å². The molecule has 242 valence electrons. The van der Waals surface area contributed by atoms with E-state index in [-0.39, 0.29) is 41.7 Å². The molecular weight excluding hydrogens is 653 g/mol. The Balaban J connectivity index is 1.30. The number of anilines is 1. The van der Waals surface area contributed by atoms with Crippen LogP contribution < -0.4 is 20.1 Å². The quantitative estimate of drug-likeness (QED) is 0.171. The van der Waals surface area contributed by atoms with E-state index in [9.17, 15) is 22.8 Å². The van der Waals surface area contributed by atoms with E-state index in [1.54, 1.807) is 19.1 Å². The number of pyridine rings is 5. The number of aromatic nitrogens is 5. The van der Waals surface area contributed by atoms with E-state index in [1.807, 2.05) is 6.07 Å². The van der Waals surface area contributed by atoms with Gasteiger partial charge in [-0.2, -0.15) is 18.4 Å². The second kappa shape index (κ2) is 14.5. The molecule has 0 saturated carbocycles. The third-order valence-corrected chi connectivity index (χ3v) is 6.44. The lowest BCUT2D eigenvalue weighted by molar-refractivity contribution is -0.137. The number of hydrogen-bond acceptors (Lipinski definition) is 10. The first-order chi connectivity index (χ1) is 22.9. The highest BCUT2D eigenvalue weighted by Gasteiger charge is 2.30. The highest BCUT2D eigenvalue weighted by Crippen LogP contribution is 2.29. The largest absolute Gasteiger partial charge is 0.456 e. The zero-order valence-corrected chi connectivity index (χ0v) is 25.5. The predicted molar refractivity (Wildman–Crippen MR) is 165 cm³/mol. The Kier molecular flexibility index (Phi) is 10.1. The Hall–Kier alpha value is -6.14. The van der Waals surface area contributed by atoms with Crippen molar-refractivity contribution >= 4 is 29.2 Å². The van der Waals surface area contributed by atoms with Gasteiger partial charge in [0.05, 0.1) is 28.5 Å². The molecular formula is C32H22ClF3N8O4. The van der Waals surface area contributed by atoms with Gasteiger partial charge in [-0.3, -0.25) is 19.6 Å². The Bertz CT molecular complexity index is 2020. The van der Waals surface area contributed by atoms with E-state index in [2.05, 4.69) is 35.6 Å². The third kappa shape index (κ3) is 8.98. The number of rotatable bonds is 10. The Morgan fingerprint density at radius 1 is 0.854 bits per heavy atom. The van der Waals surface area contributed by atoms with E-state index in [1.165, 1.54) is 49.1 Å². The molecule has 5 heterocycles. The summed E-state index contributed by atoms with van der Waals surface area (Å²) in [4.78, 5) is 46.3. The fourth-order valence-corrected chi connectivity index (χ4v) is 4.31. The predicted octanol–water partition coefficient (Wildman–Crippen LogP) is 6.32. The number of amides is 2. The summed E-state index contributed by atoms with van der Waals surface area (Å²) in [5.41, 5.74) is 0.0996. The number of nitrogens with zero attached hydrogens (tertiary/aromatic N) is 6. The summed E-state index contributed by atoms with van der Waals surface area (Å²) in [7, 11) is 0. The van der Waals surface area contributed by atoms with Crippen LogP contribution in [0.1, 0.15) is 43.5 Å². The van der Waals surface area contributed by atoms with Gasteiger partial charge in [0, 0.05) is 79.3 Å². The average Bonchev–Trinajstić information content (AvgIpc) is 3.04. The van der Waals surface area contributed by atoms with Gasteiger partial charge in [-0.25, -0.2) is 15.0 Å². The van der Waals surface area contributed by atoms with E-state index < -0.39 is 23.6 Å². The smallest absolute Gasteiger partial charge is 0.417 e. The van der Waals surface area contributed by atoms with E-state index >= 15 is 0 Å². The molecule has 2 N–H and O–H groups in total. The zero-order valence-electron chi connectivity index (χ0n) is 24.7. The molecule has 0 fully saturated rings. The molecule has 0 aromatic carbocycles. The molecule has 5 rings (SSSR count). The van der Waals surface area contributed by atoms with Crippen LogP contribution in [0.25, 0.3) is 0 Å². The van der Waals surface area contributed by atoms with E-state index in [0.29, 0.717) is 39.7 Å². The summed E-state index contributed by atoms with van der Waals surface area (Å²) in [5.74, 6) is -0.353. The normalized spacial score (nSPS) is 10.9. The van der Waals surface area contributed by atoms with Gasteiger partial charge in [0.25, 0.3) is 11.8 Å². The maximum atomic E-state index is 13.1. The summed E-state index contributed by atoms with van der Waals surface area (Å²) < 4.78 is 50.4. The third-order valence-electron chi connectivity index (χ3n) is 6.24. The molecule has 2 amide bonds. The van der Waals surface area contributed by atoms with Crippen molar-refractivity contribution in [3.8, 4) is 29.1 Å². The maximum absolute atomic E-state index is 13.1. The second-order valence-corrected chi connectivity index (χ2v) is 10.4. The number of nitriles is 1. The van der Waals surface area contributed by atoms with Crippen LogP contribution in [0.3, 0.4) is 0 Å². The van der Waals surface area contributed by atoms with Gasteiger partial charge in [0.15, 0.2) is 0 Å². The summed E-state index contributed by atoms with van der Waals surface area (Å²) in [6.07, 6.45) is 1.78. The van der Waals surface area contributed by atoms with Gasteiger partial charge in [-0.15, -0.1) is 0 Å². The molecule has 0 atom stereocenters. The molecule has 0 radical (unpaired) electrons. The summed E-state index contributed by atoms with van der Waals surface area (Å²) >= 11 is 6.01. The molecule has 48 heavy (non-hydrogen) atoms. The summed E-state index contributed by atoms with van der Waals surface area (Å²) in [6, 6.07) is 12.7. The molecule has 5 aromatic rings. The SMILES string of the molecule is Cc1cc(Oc2cncc(C#N)c2)cc(C(=O)NCCc2cc(Oc3cncc(Cl)c3)cc(C(=O)Nc3ccc(C(F)(F)F)cn3)n2)n1. The van der Waals surface area contributed by atoms with Crippen LogP contribution in [-0.4, -0.2) is 43.3 Å². The molecule has 5 aromatic heterocycles. The highest BCUT2D eigenvalue weighted by atomic mass is 35.5. The van der Waals surface area contributed by atoms with Crippen LogP contribution in [-0.2, 0) is 12.6 Å². The van der Waals surface area contributed by atoms with Gasteiger partial charge in [0.1, 0.15) is 46.3 Å². The Labute approximate surface area is 275 Å². The lowest BCUT2D eigenvalue weighted by Gasteiger charge is -2.12. The van der Waals surface area contributed by atoms with Crippen LogP contribution in [0.5, 0.6) is 23.0 Å². The molecule has 16 heteroatoms. The average molecular weight is 675 g/mol. The van der Waals surface area contributed by atoms with E-state index in [4.69, 9.17) is 26.3 Å². The monoisotopic (exact) mass is 674 g/mol. The minimum atomic E-state index is -4.59.